The zero-order valence-corrected chi connectivity index (χ0v) is 15.8. The molecule has 0 aliphatic carbocycles. The average molecular weight is 359 g/mol. The van der Waals surface area contributed by atoms with E-state index >= 15 is 0 Å². The number of carbonyl (C=O) groups is 2. The van der Waals surface area contributed by atoms with Crippen molar-refractivity contribution in [1.82, 2.24) is 4.90 Å². The fourth-order valence-electron chi connectivity index (χ4n) is 4.76. The van der Waals surface area contributed by atoms with Gasteiger partial charge in [0.05, 0.1) is 13.2 Å². The molecule has 2 heterocycles. The van der Waals surface area contributed by atoms with Gasteiger partial charge < -0.3 is 9.64 Å². The second-order valence-electron chi connectivity index (χ2n) is 7.71. The first kappa shape index (κ1) is 16.3. The van der Waals surface area contributed by atoms with Crippen molar-refractivity contribution in [3.63, 3.8) is 0 Å². The number of hydrogen-bond acceptors (Lipinski definition) is 3. The number of nitrogens with zero attached hydrogens (tertiary/aromatic N) is 1. The lowest BCUT2D eigenvalue weighted by atomic mass is 9.83. The van der Waals surface area contributed by atoms with Crippen molar-refractivity contribution in [1.29, 1.82) is 0 Å². The molecule has 4 heteroatoms. The predicted octanol–water partition coefficient (Wildman–Crippen LogP) is 4.31. The minimum absolute atomic E-state index is 0.0789. The molecule has 0 bridgehead atoms. The maximum absolute atomic E-state index is 13.4. The van der Waals surface area contributed by atoms with Crippen molar-refractivity contribution in [3.8, 4) is 5.75 Å². The van der Waals surface area contributed by atoms with Crippen LogP contribution in [0.5, 0.6) is 5.75 Å². The number of fused-ring (bicyclic) bond motifs is 7. The molecular weight excluding hydrogens is 338 g/mol. The SMILES string of the molecule is COc1cc2c3c(c4ccc(C)cc4c2cc1C)C(=O)C1CCC(=O)N1C3. The molecule has 2 aliphatic heterocycles. The summed E-state index contributed by atoms with van der Waals surface area (Å²) >= 11 is 0. The molecule has 2 aliphatic rings. The Morgan fingerprint density at radius 1 is 1.00 bits per heavy atom. The summed E-state index contributed by atoms with van der Waals surface area (Å²) in [5.41, 5.74) is 3.97. The Balaban J connectivity index is 1.95. The number of hydrogen-bond donors (Lipinski definition) is 0. The van der Waals surface area contributed by atoms with Crippen LogP contribution in [0.15, 0.2) is 30.3 Å². The van der Waals surface area contributed by atoms with Crippen LogP contribution < -0.4 is 4.74 Å². The molecule has 0 spiro atoms. The Bertz CT molecular complexity index is 1160. The highest BCUT2D eigenvalue weighted by Gasteiger charge is 2.42. The molecule has 0 radical (unpaired) electrons. The number of ether oxygens (including phenoxy) is 1. The van der Waals surface area contributed by atoms with Crippen LogP contribution in [0.3, 0.4) is 0 Å². The van der Waals surface area contributed by atoms with Gasteiger partial charge in [-0.05, 0) is 65.1 Å². The Morgan fingerprint density at radius 3 is 2.56 bits per heavy atom. The lowest BCUT2D eigenvalue weighted by Gasteiger charge is -2.32. The van der Waals surface area contributed by atoms with Crippen LogP contribution in [0, 0.1) is 13.8 Å². The molecule has 5 rings (SSSR count). The van der Waals surface area contributed by atoms with E-state index in [0.29, 0.717) is 19.4 Å². The number of ketones is 1. The molecule has 3 aromatic rings. The van der Waals surface area contributed by atoms with Crippen molar-refractivity contribution in [2.75, 3.05) is 7.11 Å². The van der Waals surface area contributed by atoms with Crippen molar-refractivity contribution in [3.05, 3.63) is 52.6 Å². The van der Waals surface area contributed by atoms with Crippen molar-refractivity contribution in [2.24, 2.45) is 0 Å². The normalized spacial score (nSPS) is 18.9. The minimum atomic E-state index is -0.306. The van der Waals surface area contributed by atoms with E-state index in [0.717, 1.165) is 49.5 Å². The zero-order valence-electron chi connectivity index (χ0n) is 15.8. The van der Waals surface area contributed by atoms with Gasteiger partial charge in [-0.15, -0.1) is 0 Å². The van der Waals surface area contributed by atoms with Gasteiger partial charge in [0.1, 0.15) is 5.75 Å². The predicted molar refractivity (Wildman–Crippen MR) is 105 cm³/mol. The van der Waals surface area contributed by atoms with Crippen LogP contribution in [0.2, 0.25) is 0 Å². The lowest BCUT2D eigenvalue weighted by molar-refractivity contribution is -0.129. The van der Waals surface area contributed by atoms with Crippen LogP contribution in [0.1, 0.15) is 39.9 Å². The van der Waals surface area contributed by atoms with Gasteiger partial charge in [-0.1, -0.05) is 23.8 Å². The van der Waals surface area contributed by atoms with E-state index < -0.39 is 0 Å². The van der Waals surface area contributed by atoms with Gasteiger partial charge in [-0.3, -0.25) is 9.59 Å². The average Bonchev–Trinajstić information content (AvgIpc) is 3.03. The third kappa shape index (κ3) is 2.16. The van der Waals surface area contributed by atoms with Gasteiger partial charge in [-0.25, -0.2) is 0 Å². The quantitative estimate of drug-likeness (QED) is 0.609. The molecule has 0 aromatic heterocycles. The number of amides is 1. The fraction of sp³-hybridized carbons (Fsp3) is 0.304. The van der Waals surface area contributed by atoms with Gasteiger partial charge >= 0.3 is 0 Å². The number of carbonyl (C=O) groups excluding carboxylic acids is 2. The number of benzene rings is 3. The molecule has 1 saturated heterocycles. The van der Waals surface area contributed by atoms with Gasteiger partial charge in [0, 0.05) is 18.5 Å². The number of methoxy groups -OCH3 is 1. The van der Waals surface area contributed by atoms with E-state index in [9.17, 15) is 9.59 Å². The molecule has 136 valence electrons. The lowest BCUT2D eigenvalue weighted by Crippen LogP contribution is -2.42. The standard InChI is InChI=1S/C23H21NO3/c1-12-4-5-14-15(8-12)16-9-13(2)20(27-3)10-17(16)18-11-24-19(6-7-21(24)25)23(26)22(14)18/h4-5,8-10,19H,6-7,11H2,1-3H3. The number of Topliss-reactive ketones (excluding diaryl/α,β-unsaturated/α-hetero) is 1. The molecule has 1 fully saturated rings. The first-order valence-corrected chi connectivity index (χ1v) is 9.37. The number of aryl methyl sites for hydroxylation is 2. The maximum Gasteiger partial charge on any atom is 0.223 e. The summed E-state index contributed by atoms with van der Waals surface area (Å²) in [4.78, 5) is 27.5. The first-order valence-electron chi connectivity index (χ1n) is 9.37. The summed E-state index contributed by atoms with van der Waals surface area (Å²) in [5, 5.41) is 4.22. The Hall–Kier alpha value is -2.88. The van der Waals surface area contributed by atoms with E-state index in [1.807, 2.05) is 13.0 Å². The van der Waals surface area contributed by atoms with E-state index in [-0.39, 0.29) is 17.7 Å². The maximum atomic E-state index is 13.4. The van der Waals surface area contributed by atoms with Crippen molar-refractivity contribution < 1.29 is 14.3 Å². The Labute approximate surface area is 157 Å². The third-order valence-corrected chi connectivity index (χ3v) is 6.10. The van der Waals surface area contributed by atoms with E-state index in [1.165, 1.54) is 0 Å². The molecular formula is C23H21NO3. The van der Waals surface area contributed by atoms with Gasteiger partial charge in [-0.2, -0.15) is 0 Å². The first-order chi connectivity index (χ1) is 13.0. The largest absolute Gasteiger partial charge is 0.496 e. The zero-order chi connectivity index (χ0) is 18.9. The molecule has 0 N–H and O–H groups in total. The highest BCUT2D eigenvalue weighted by atomic mass is 16.5. The van der Waals surface area contributed by atoms with Gasteiger partial charge in [0.15, 0.2) is 5.78 Å². The van der Waals surface area contributed by atoms with Crippen LogP contribution in [-0.2, 0) is 11.3 Å². The van der Waals surface area contributed by atoms with Gasteiger partial charge in [0.2, 0.25) is 5.91 Å². The van der Waals surface area contributed by atoms with Crippen LogP contribution in [-0.4, -0.2) is 29.7 Å². The minimum Gasteiger partial charge on any atom is -0.496 e. The number of rotatable bonds is 1. The summed E-state index contributed by atoms with van der Waals surface area (Å²) in [6, 6.07) is 10.1. The Morgan fingerprint density at radius 2 is 1.78 bits per heavy atom. The van der Waals surface area contributed by atoms with Crippen molar-refractivity contribution in [2.45, 2.75) is 39.3 Å². The smallest absolute Gasteiger partial charge is 0.223 e. The molecule has 0 saturated carbocycles. The fourth-order valence-corrected chi connectivity index (χ4v) is 4.76. The molecule has 1 unspecified atom stereocenters. The molecule has 1 amide bonds. The summed E-state index contributed by atoms with van der Waals surface area (Å²) in [6.07, 6.45) is 1.08. The Kier molecular flexibility index (Phi) is 3.36. The van der Waals surface area contributed by atoms with E-state index in [1.54, 1.807) is 12.0 Å². The summed E-state index contributed by atoms with van der Waals surface area (Å²) in [5.74, 6) is 0.964. The van der Waals surface area contributed by atoms with Crippen LogP contribution in [0.4, 0.5) is 0 Å². The molecule has 1 atom stereocenters. The topological polar surface area (TPSA) is 46.6 Å². The highest BCUT2D eigenvalue weighted by Crippen LogP contribution is 2.42. The molecule has 4 nitrogen and oxygen atoms in total. The van der Waals surface area contributed by atoms with E-state index in [2.05, 4.69) is 31.2 Å². The highest BCUT2D eigenvalue weighted by molar-refractivity contribution is 6.22. The van der Waals surface area contributed by atoms with Crippen LogP contribution >= 0.6 is 0 Å². The second kappa shape index (κ2) is 5.56. The monoisotopic (exact) mass is 359 g/mol. The van der Waals surface area contributed by atoms with Crippen LogP contribution in [0.25, 0.3) is 21.5 Å². The summed E-state index contributed by atoms with van der Waals surface area (Å²) < 4.78 is 5.55. The molecule has 3 aromatic carbocycles. The van der Waals surface area contributed by atoms with Gasteiger partial charge in [0.25, 0.3) is 0 Å². The second-order valence-corrected chi connectivity index (χ2v) is 7.71. The summed E-state index contributed by atoms with van der Waals surface area (Å²) in [6.45, 7) is 4.60. The van der Waals surface area contributed by atoms with Crippen molar-refractivity contribution >= 4 is 33.2 Å². The molecule has 27 heavy (non-hydrogen) atoms. The van der Waals surface area contributed by atoms with E-state index in [4.69, 9.17) is 4.74 Å². The summed E-state index contributed by atoms with van der Waals surface area (Å²) in [7, 11) is 1.66. The third-order valence-electron chi connectivity index (χ3n) is 6.10.